The van der Waals surface area contributed by atoms with E-state index in [0.717, 1.165) is 5.56 Å². The third-order valence-electron chi connectivity index (χ3n) is 5.82. The number of carbonyl (C=O) groups excluding carboxylic acids is 3. The van der Waals surface area contributed by atoms with Gasteiger partial charge in [0.05, 0.1) is 30.9 Å². The molecule has 0 aliphatic carbocycles. The maximum absolute atomic E-state index is 13.2. The van der Waals surface area contributed by atoms with Crippen LogP contribution in [0.1, 0.15) is 40.0 Å². The first-order valence-corrected chi connectivity index (χ1v) is 11.2. The topological polar surface area (TPSA) is 93.1 Å². The predicted molar refractivity (Wildman–Crippen MR) is 130 cm³/mol. The maximum atomic E-state index is 13.2. The Morgan fingerprint density at radius 1 is 0.943 bits per heavy atom. The van der Waals surface area contributed by atoms with Crippen LogP contribution in [0.15, 0.2) is 84.4 Å². The standard InChI is InChI=1S/C28H25NO6/c1-3-35-28(33)20-14-12-18(13-15-20)17-29-24(19-8-5-4-6-9-19)23(26(31)27(29)32)25(30)21-10-7-11-22(16-21)34-2/h4-16,24,30H,3,17H2,1-2H3/b25-23+. The van der Waals surface area contributed by atoms with Gasteiger partial charge in [0, 0.05) is 12.1 Å². The lowest BCUT2D eigenvalue weighted by atomic mass is 9.95. The molecular formula is C28H25NO6. The number of methoxy groups -OCH3 is 1. The zero-order valence-electron chi connectivity index (χ0n) is 19.4. The molecule has 1 N–H and O–H groups in total. The lowest BCUT2D eigenvalue weighted by molar-refractivity contribution is -0.140. The number of hydrogen-bond acceptors (Lipinski definition) is 6. The van der Waals surface area contributed by atoms with Crippen molar-refractivity contribution >= 4 is 23.4 Å². The Bertz CT molecular complexity index is 1280. The fourth-order valence-electron chi connectivity index (χ4n) is 4.11. The van der Waals surface area contributed by atoms with E-state index < -0.39 is 23.7 Å². The monoisotopic (exact) mass is 471 g/mol. The number of benzene rings is 3. The van der Waals surface area contributed by atoms with Crippen molar-refractivity contribution in [3.63, 3.8) is 0 Å². The molecule has 1 aliphatic rings. The Kier molecular flexibility index (Phi) is 6.96. The summed E-state index contributed by atoms with van der Waals surface area (Å²) in [4.78, 5) is 39.7. The molecule has 35 heavy (non-hydrogen) atoms. The fourth-order valence-corrected chi connectivity index (χ4v) is 4.11. The van der Waals surface area contributed by atoms with Crippen LogP contribution in [0.2, 0.25) is 0 Å². The van der Waals surface area contributed by atoms with Crippen molar-refractivity contribution in [1.82, 2.24) is 4.90 Å². The minimum Gasteiger partial charge on any atom is -0.507 e. The van der Waals surface area contributed by atoms with E-state index in [1.165, 1.54) is 12.0 Å². The molecule has 178 valence electrons. The van der Waals surface area contributed by atoms with Crippen molar-refractivity contribution in [1.29, 1.82) is 0 Å². The van der Waals surface area contributed by atoms with Gasteiger partial charge in [0.25, 0.3) is 11.7 Å². The van der Waals surface area contributed by atoms with Gasteiger partial charge in [-0.3, -0.25) is 9.59 Å². The second kappa shape index (κ2) is 10.3. The van der Waals surface area contributed by atoms with E-state index in [2.05, 4.69) is 0 Å². The van der Waals surface area contributed by atoms with Gasteiger partial charge in [0.15, 0.2) is 0 Å². The van der Waals surface area contributed by atoms with E-state index in [0.29, 0.717) is 22.4 Å². The smallest absolute Gasteiger partial charge is 0.338 e. The van der Waals surface area contributed by atoms with Gasteiger partial charge in [0.1, 0.15) is 11.5 Å². The summed E-state index contributed by atoms with van der Waals surface area (Å²) in [5.41, 5.74) is 2.21. The quantitative estimate of drug-likeness (QED) is 0.236. The Hall–Kier alpha value is -4.39. The molecule has 4 rings (SSSR count). The number of aliphatic hydroxyl groups is 1. The van der Waals surface area contributed by atoms with Crippen molar-refractivity contribution in [2.45, 2.75) is 19.5 Å². The van der Waals surface area contributed by atoms with E-state index in [1.54, 1.807) is 55.5 Å². The largest absolute Gasteiger partial charge is 0.507 e. The van der Waals surface area contributed by atoms with Crippen molar-refractivity contribution in [3.8, 4) is 5.75 Å². The van der Waals surface area contributed by atoms with Crippen LogP contribution in [0, 0.1) is 0 Å². The molecule has 0 bridgehead atoms. The molecule has 7 nitrogen and oxygen atoms in total. The van der Waals surface area contributed by atoms with Crippen LogP contribution in [-0.2, 0) is 20.9 Å². The first-order chi connectivity index (χ1) is 16.9. The molecular weight excluding hydrogens is 446 g/mol. The fraction of sp³-hybridized carbons (Fsp3) is 0.179. The zero-order chi connectivity index (χ0) is 24.9. The molecule has 7 heteroatoms. The molecule has 1 aliphatic heterocycles. The molecule has 1 saturated heterocycles. The number of ketones is 1. The minimum absolute atomic E-state index is 0.0117. The molecule has 1 fully saturated rings. The van der Waals surface area contributed by atoms with Crippen LogP contribution in [0.4, 0.5) is 0 Å². The molecule has 1 heterocycles. The molecule has 3 aromatic carbocycles. The lowest BCUT2D eigenvalue weighted by Crippen LogP contribution is -2.29. The lowest BCUT2D eigenvalue weighted by Gasteiger charge is -2.25. The Morgan fingerprint density at radius 2 is 1.66 bits per heavy atom. The van der Waals surface area contributed by atoms with Gasteiger partial charge >= 0.3 is 5.97 Å². The number of amides is 1. The SMILES string of the molecule is CCOC(=O)c1ccc(CN2C(=O)C(=O)/C(=C(/O)c3cccc(OC)c3)C2c2ccccc2)cc1. The minimum atomic E-state index is -0.785. The summed E-state index contributed by atoms with van der Waals surface area (Å²) >= 11 is 0. The molecule has 0 aromatic heterocycles. The highest BCUT2D eigenvalue weighted by Crippen LogP contribution is 2.40. The second-order valence-corrected chi connectivity index (χ2v) is 7.99. The molecule has 0 spiro atoms. The number of hydrogen-bond donors (Lipinski definition) is 1. The molecule has 1 amide bonds. The van der Waals surface area contributed by atoms with Gasteiger partial charge in [-0.15, -0.1) is 0 Å². The summed E-state index contributed by atoms with van der Waals surface area (Å²) < 4.78 is 10.3. The van der Waals surface area contributed by atoms with Gasteiger partial charge in [-0.1, -0.05) is 54.6 Å². The Balaban J connectivity index is 1.75. The number of nitrogens with zero attached hydrogens (tertiary/aromatic N) is 1. The van der Waals surface area contributed by atoms with Crippen molar-refractivity contribution in [2.75, 3.05) is 13.7 Å². The first-order valence-electron chi connectivity index (χ1n) is 11.2. The van der Waals surface area contributed by atoms with Gasteiger partial charge in [-0.25, -0.2) is 4.79 Å². The van der Waals surface area contributed by atoms with Crippen LogP contribution in [0.25, 0.3) is 5.76 Å². The highest BCUT2D eigenvalue weighted by molar-refractivity contribution is 6.46. The normalized spacial score (nSPS) is 16.9. The summed E-state index contributed by atoms with van der Waals surface area (Å²) in [7, 11) is 1.51. The molecule has 1 unspecified atom stereocenters. The third kappa shape index (κ3) is 4.80. The summed E-state index contributed by atoms with van der Waals surface area (Å²) in [6.45, 7) is 2.12. The summed E-state index contributed by atoms with van der Waals surface area (Å²) in [5, 5.41) is 11.2. The van der Waals surface area contributed by atoms with Crippen LogP contribution < -0.4 is 4.74 Å². The van der Waals surface area contributed by atoms with Gasteiger partial charge in [-0.05, 0) is 42.3 Å². The first kappa shape index (κ1) is 23.8. The highest BCUT2D eigenvalue weighted by Gasteiger charge is 2.46. The van der Waals surface area contributed by atoms with Crippen LogP contribution in [0.3, 0.4) is 0 Å². The number of aliphatic hydroxyl groups excluding tert-OH is 1. The maximum Gasteiger partial charge on any atom is 0.338 e. The number of esters is 1. The zero-order valence-corrected chi connectivity index (χ0v) is 19.4. The van der Waals surface area contributed by atoms with E-state index in [4.69, 9.17) is 9.47 Å². The summed E-state index contributed by atoms with van der Waals surface area (Å²) in [6, 6.07) is 21.7. The Morgan fingerprint density at radius 3 is 2.31 bits per heavy atom. The molecule has 0 radical (unpaired) electrons. The van der Waals surface area contributed by atoms with E-state index in [1.807, 2.05) is 30.3 Å². The summed E-state index contributed by atoms with van der Waals surface area (Å²) in [5.74, 6) is -1.65. The van der Waals surface area contributed by atoms with E-state index in [-0.39, 0.29) is 24.5 Å². The van der Waals surface area contributed by atoms with Gasteiger partial charge in [-0.2, -0.15) is 0 Å². The molecule has 0 saturated carbocycles. The predicted octanol–water partition coefficient (Wildman–Crippen LogP) is 4.49. The number of likely N-dealkylation sites (tertiary alicyclic amines) is 1. The number of rotatable bonds is 7. The number of Topliss-reactive ketones (excluding diaryl/α,β-unsaturated/α-hetero) is 1. The average Bonchev–Trinajstić information content (AvgIpc) is 3.14. The van der Waals surface area contributed by atoms with Crippen LogP contribution in [0.5, 0.6) is 5.75 Å². The van der Waals surface area contributed by atoms with Gasteiger partial charge < -0.3 is 19.5 Å². The third-order valence-corrected chi connectivity index (χ3v) is 5.82. The second-order valence-electron chi connectivity index (χ2n) is 7.99. The number of ether oxygens (including phenoxy) is 2. The molecule has 3 aromatic rings. The van der Waals surface area contributed by atoms with Crippen LogP contribution in [-0.4, -0.2) is 41.4 Å². The average molecular weight is 472 g/mol. The Labute approximate surface area is 203 Å². The van der Waals surface area contributed by atoms with Crippen LogP contribution >= 0.6 is 0 Å². The van der Waals surface area contributed by atoms with Crippen molar-refractivity contribution in [3.05, 3.63) is 107 Å². The number of carbonyl (C=O) groups is 3. The van der Waals surface area contributed by atoms with Gasteiger partial charge in [0.2, 0.25) is 0 Å². The highest BCUT2D eigenvalue weighted by atomic mass is 16.5. The van der Waals surface area contributed by atoms with Crippen molar-refractivity contribution < 1.29 is 29.0 Å². The molecule has 1 atom stereocenters. The summed E-state index contributed by atoms with van der Waals surface area (Å²) in [6.07, 6.45) is 0. The van der Waals surface area contributed by atoms with Crippen molar-refractivity contribution in [2.24, 2.45) is 0 Å². The van der Waals surface area contributed by atoms with E-state index >= 15 is 0 Å². The van der Waals surface area contributed by atoms with E-state index in [9.17, 15) is 19.5 Å².